The lowest BCUT2D eigenvalue weighted by Gasteiger charge is -2.22. The van der Waals surface area contributed by atoms with Crippen molar-refractivity contribution in [2.45, 2.75) is 39.7 Å². The predicted molar refractivity (Wildman–Crippen MR) is 83.4 cm³/mol. The molecule has 0 bridgehead atoms. The molecular weight excluding hydrogens is 294 g/mol. The van der Waals surface area contributed by atoms with Crippen LogP contribution in [0.5, 0.6) is 0 Å². The Kier molecular flexibility index (Phi) is 5.69. The monoisotopic (exact) mass is 313 g/mol. The largest absolute Gasteiger partial charge is 0.327 e. The molecule has 1 rings (SSSR count). The van der Waals surface area contributed by atoms with Crippen LogP contribution < -0.4 is 11.1 Å². The molecule has 0 saturated heterocycles. The van der Waals surface area contributed by atoms with Gasteiger partial charge in [0, 0.05) is 24.2 Å². The fourth-order valence-electron chi connectivity index (χ4n) is 2.04. The molecule has 0 saturated carbocycles. The van der Waals surface area contributed by atoms with Gasteiger partial charge in [-0.25, -0.2) is 0 Å². The maximum absolute atomic E-state index is 11.9. The molecule has 1 amide bonds. The summed E-state index contributed by atoms with van der Waals surface area (Å²) < 4.78 is 0. The maximum atomic E-state index is 11.9. The molecule has 0 aliphatic rings. The molecule has 0 heterocycles. The van der Waals surface area contributed by atoms with E-state index in [9.17, 15) is 14.9 Å². The molecule has 21 heavy (non-hydrogen) atoms. The molecule has 0 aliphatic heterocycles. The molecule has 6 nitrogen and oxygen atoms in total. The van der Waals surface area contributed by atoms with Crippen LogP contribution in [0, 0.1) is 15.5 Å². The standard InChI is InChI=1S/C14H20ClN3O3/c1-14(2,3)8-9(16)6-13(19)17-10-4-5-11(15)12(7-10)18(20)21/h4-5,7,9H,6,8,16H2,1-3H3,(H,17,19). The molecule has 1 aromatic rings. The highest BCUT2D eigenvalue weighted by atomic mass is 35.5. The number of amides is 1. The maximum Gasteiger partial charge on any atom is 0.289 e. The van der Waals surface area contributed by atoms with Crippen LogP contribution in [0.15, 0.2) is 18.2 Å². The minimum atomic E-state index is -0.594. The van der Waals surface area contributed by atoms with Crippen LogP contribution in [0.2, 0.25) is 5.02 Å². The van der Waals surface area contributed by atoms with Gasteiger partial charge < -0.3 is 11.1 Å². The van der Waals surface area contributed by atoms with Gasteiger partial charge in [-0.15, -0.1) is 0 Å². The van der Waals surface area contributed by atoms with Crippen LogP contribution in [0.1, 0.15) is 33.6 Å². The van der Waals surface area contributed by atoms with Crippen molar-refractivity contribution in [3.8, 4) is 0 Å². The molecule has 116 valence electrons. The van der Waals surface area contributed by atoms with E-state index < -0.39 is 4.92 Å². The molecule has 7 heteroatoms. The van der Waals surface area contributed by atoms with Gasteiger partial charge in [0.25, 0.3) is 5.69 Å². The van der Waals surface area contributed by atoms with Gasteiger partial charge >= 0.3 is 0 Å². The lowest BCUT2D eigenvalue weighted by molar-refractivity contribution is -0.384. The number of nitrogens with zero attached hydrogens (tertiary/aromatic N) is 1. The van der Waals surface area contributed by atoms with Crippen LogP contribution in [0.3, 0.4) is 0 Å². The highest BCUT2D eigenvalue weighted by molar-refractivity contribution is 6.32. The van der Waals surface area contributed by atoms with E-state index in [0.717, 1.165) is 0 Å². The smallest absolute Gasteiger partial charge is 0.289 e. The molecule has 0 spiro atoms. The number of carbonyl (C=O) groups excluding carboxylic acids is 1. The van der Waals surface area contributed by atoms with E-state index in [1.807, 2.05) is 20.8 Å². The normalized spacial score (nSPS) is 12.8. The SMILES string of the molecule is CC(C)(C)CC(N)CC(=O)Nc1ccc(Cl)c([N+](=O)[O-])c1. The van der Waals surface area contributed by atoms with E-state index in [2.05, 4.69) is 5.32 Å². The molecule has 0 aromatic heterocycles. The number of nitro benzene ring substituents is 1. The molecule has 1 atom stereocenters. The number of nitrogens with one attached hydrogen (secondary N) is 1. The van der Waals surface area contributed by atoms with Crippen molar-refractivity contribution in [1.29, 1.82) is 0 Å². The van der Waals surface area contributed by atoms with Crippen molar-refractivity contribution in [1.82, 2.24) is 0 Å². The number of benzene rings is 1. The van der Waals surface area contributed by atoms with Crippen molar-refractivity contribution in [3.63, 3.8) is 0 Å². The minimum absolute atomic E-state index is 0.0300. The van der Waals surface area contributed by atoms with Gasteiger partial charge in [0.15, 0.2) is 0 Å². The van der Waals surface area contributed by atoms with Gasteiger partial charge in [0.2, 0.25) is 5.91 Å². The molecule has 1 unspecified atom stereocenters. The number of nitro groups is 1. The highest BCUT2D eigenvalue weighted by Gasteiger charge is 2.19. The van der Waals surface area contributed by atoms with Gasteiger partial charge in [-0.1, -0.05) is 32.4 Å². The number of nitrogens with two attached hydrogens (primary N) is 1. The average Bonchev–Trinajstić information content (AvgIpc) is 2.28. The number of carbonyl (C=O) groups is 1. The van der Waals surface area contributed by atoms with Gasteiger partial charge in [-0.05, 0) is 24.0 Å². The summed E-state index contributed by atoms with van der Waals surface area (Å²) >= 11 is 5.71. The highest BCUT2D eigenvalue weighted by Crippen LogP contribution is 2.27. The van der Waals surface area contributed by atoms with E-state index in [1.165, 1.54) is 18.2 Å². The molecule has 0 radical (unpaired) electrons. The summed E-state index contributed by atoms with van der Waals surface area (Å²) in [5.74, 6) is -0.275. The average molecular weight is 314 g/mol. The summed E-state index contributed by atoms with van der Waals surface area (Å²) in [5.41, 5.74) is 6.06. The Morgan fingerprint density at radius 2 is 2.10 bits per heavy atom. The van der Waals surface area contributed by atoms with Crippen molar-refractivity contribution in [3.05, 3.63) is 33.3 Å². The molecule has 0 fully saturated rings. The quantitative estimate of drug-likeness (QED) is 0.643. The fourth-order valence-corrected chi connectivity index (χ4v) is 2.23. The Balaban J connectivity index is 2.67. The van der Waals surface area contributed by atoms with Crippen LogP contribution in [0.4, 0.5) is 11.4 Å². The second-order valence-corrected chi connectivity index (χ2v) is 6.61. The van der Waals surface area contributed by atoms with Crippen molar-refractivity contribution < 1.29 is 9.72 Å². The third kappa shape index (κ3) is 6.10. The number of rotatable bonds is 5. The molecule has 1 aromatic carbocycles. The topological polar surface area (TPSA) is 98.3 Å². The third-order valence-corrected chi connectivity index (χ3v) is 3.07. The van der Waals surface area contributed by atoms with Gasteiger partial charge in [0.1, 0.15) is 5.02 Å². The molecular formula is C14H20ClN3O3. The number of hydrogen-bond acceptors (Lipinski definition) is 4. The second-order valence-electron chi connectivity index (χ2n) is 6.20. The molecule has 3 N–H and O–H groups in total. The van der Waals surface area contributed by atoms with Crippen LogP contribution >= 0.6 is 11.6 Å². The molecule has 0 aliphatic carbocycles. The van der Waals surface area contributed by atoms with Gasteiger partial charge in [-0.3, -0.25) is 14.9 Å². The first-order valence-electron chi connectivity index (χ1n) is 6.58. The van der Waals surface area contributed by atoms with Crippen molar-refractivity contribution >= 4 is 28.9 Å². The summed E-state index contributed by atoms with van der Waals surface area (Å²) in [5, 5.41) is 13.4. The Hall–Kier alpha value is -1.66. The Morgan fingerprint density at radius 1 is 1.48 bits per heavy atom. The first kappa shape index (κ1) is 17.4. The fraction of sp³-hybridized carbons (Fsp3) is 0.500. The van der Waals surface area contributed by atoms with Gasteiger partial charge in [-0.2, -0.15) is 0 Å². The minimum Gasteiger partial charge on any atom is -0.327 e. The summed E-state index contributed by atoms with van der Waals surface area (Å²) in [6, 6.07) is 3.87. The summed E-state index contributed by atoms with van der Waals surface area (Å²) in [6.07, 6.45) is 0.870. The van der Waals surface area contributed by atoms with E-state index in [-0.39, 0.29) is 34.5 Å². The Bertz CT molecular complexity index is 541. The zero-order chi connectivity index (χ0) is 16.2. The van der Waals surface area contributed by atoms with E-state index >= 15 is 0 Å². The van der Waals surface area contributed by atoms with Crippen LogP contribution in [-0.2, 0) is 4.79 Å². The summed E-state index contributed by atoms with van der Waals surface area (Å²) in [6.45, 7) is 6.15. The Labute approximate surface area is 128 Å². The van der Waals surface area contributed by atoms with Crippen LogP contribution in [-0.4, -0.2) is 16.9 Å². The lowest BCUT2D eigenvalue weighted by Crippen LogP contribution is -2.31. The zero-order valence-corrected chi connectivity index (χ0v) is 13.1. The summed E-state index contributed by atoms with van der Waals surface area (Å²) in [4.78, 5) is 22.1. The lowest BCUT2D eigenvalue weighted by atomic mass is 9.87. The van der Waals surface area contributed by atoms with Crippen LogP contribution in [0.25, 0.3) is 0 Å². The first-order valence-corrected chi connectivity index (χ1v) is 6.95. The second kappa shape index (κ2) is 6.87. The van der Waals surface area contributed by atoms with E-state index in [0.29, 0.717) is 12.1 Å². The van der Waals surface area contributed by atoms with E-state index in [1.54, 1.807) is 0 Å². The third-order valence-electron chi connectivity index (χ3n) is 2.75. The summed E-state index contributed by atoms with van der Waals surface area (Å²) in [7, 11) is 0. The van der Waals surface area contributed by atoms with Crippen molar-refractivity contribution in [2.75, 3.05) is 5.32 Å². The van der Waals surface area contributed by atoms with Gasteiger partial charge in [0.05, 0.1) is 4.92 Å². The number of halogens is 1. The predicted octanol–water partition coefficient (Wildman–Crippen LogP) is 3.34. The zero-order valence-electron chi connectivity index (χ0n) is 12.4. The number of hydrogen-bond donors (Lipinski definition) is 2. The van der Waals surface area contributed by atoms with E-state index in [4.69, 9.17) is 17.3 Å². The first-order chi connectivity index (χ1) is 9.58. The number of anilines is 1. The van der Waals surface area contributed by atoms with Crippen molar-refractivity contribution in [2.24, 2.45) is 11.1 Å². The Morgan fingerprint density at radius 3 is 2.62 bits per heavy atom.